The average molecular weight is 360 g/mol. The normalized spacial score (nSPS) is 11.0. The lowest BCUT2D eigenvalue weighted by Gasteiger charge is -2.20. The summed E-state index contributed by atoms with van der Waals surface area (Å²) >= 11 is 0. The molecule has 2 heterocycles. The zero-order valence-electron chi connectivity index (χ0n) is 15.3. The molecular formula is C22H20N2O3. The summed E-state index contributed by atoms with van der Waals surface area (Å²) in [7, 11) is 0. The maximum absolute atomic E-state index is 12.5. The van der Waals surface area contributed by atoms with Gasteiger partial charge < -0.3 is 13.7 Å². The third kappa shape index (κ3) is 3.24. The van der Waals surface area contributed by atoms with E-state index >= 15 is 0 Å². The number of rotatable bonds is 5. The van der Waals surface area contributed by atoms with Crippen LogP contribution in [0.15, 0.2) is 74.5 Å². The number of benzene rings is 2. The van der Waals surface area contributed by atoms with Crippen molar-refractivity contribution in [2.24, 2.45) is 0 Å². The minimum Gasteiger partial charge on any atom is -0.444 e. The van der Waals surface area contributed by atoms with Crippen molar-refractivity contribution in [3.8, 4) is 22.7 Å². The molecule has 0 fully saturated rings. The van der Waals surface area contributed by atoms with Gasteiger partial charge in [-0.1, -0.05) is 18.2 Å². The molecule has 0 aliphatic heterocycles. The van der Waals surface area contributed by atoms with Gasteiger partial charge in [0.05, 0.1) is 5.56 Å². The Bertz CT molecular complexity index is 1130. The number of anilines is 1. The molecule has 0 saturated heterocycles. The molecule has 0 spiro atoms. The first-order valence-electron chi connectivity index (χ1n) is 9.03. The first-order chi connectivity index (χ1) is 13.2. The van der Waals surface area contributed by atoms with E-state index in [2.05, 4.69) is 23.7 Å². The van der Waals surface area contributed by atoms with Crippen molar-refractivity contribution in [1.29, 1.82) is 0 Å². The van der Waals surface area contributed by atoms with Crippen LogP contribution in [0.3, 0.4) is 0 Å². The van der Waals surface area contributed by atoms with Gasteiger partial charge in [0.25, 0.3) is 0 Å². The molecule has 136 valence electrons. The molecular weight excluding hydrogens is 340 g/mol. The highest BCUT2D eigenvalue weighted by atomic mass is 16.4. The Morgan fingerprint density at radius 3 is 2.52 bits per heavy atom. The average Bonchev–Trinajstić information content (AvgIpc) is 3.19. The molecule has 2 aromatic carbocycles. The van der Waals surface area contributed by atoms with Gasteiger partial charge in [-0.2, -0.15) is 0 Å². The summed E-state index contributed by atoms with van der Waals surface area (Å²) in [6, 6.07) is 17.3. The lowest BCUT2D eigenvalue weighted by atomic mass is 10.1. The molecule has 0 N–H and O–H groups in total. The molecule has 27 heavy (non-hydrogen) atoms. The molecule has 0 aliphatic carbocycles. The molecule has 2 aromatic heterocycles. The highest BCUT2D eigenvalue weighted by molar-refractivity contribution is 5.84. The molecule has 0 amide bonds. The van der Waals surface area contributed by atoms with Crippen LogP contribution in [0.1, 0.15) is 13.8 Å². The Morgan fingerprint density at radius 1 is 1.00 bits per heavy atom. The number of oxazole rings is 1. The van der Waals surface area contributed by atoms with E-state index in [0.29, 0.717) is 22.7 Å². The standard InChI is InChI=1S/C22H20N2O3/c1-3-24(4-2)17-11-10-16-12-18(22(25)27-20(16)13-17)19-14-26-21(23-19)15-8-6-5-7-9-15/h5-14H,3-4H2,1-2H3. The first kappa shape index (κ1) is 17.1. The lowest BCUT2D eigenvalue weighted by molar-refractivity contribution is 0.561. The minimum atomic E-state index is -0.424. The van der Waals surface area contributed by atoms with Gasteiger partial charge in [-0.3, -0.25) is 0 Å². The highest BCUT2D eigenvalue weighted by Gasteiger charge is 2.14. The fraction of sp³-hybridized carbons (Fsp3) is 0.182. The SMILES string of the molecule is CCN(CC)c1ccc2cc(-c3coc(-c4ccccc4)n3)c(=O)oc2c1. The minimum absolute atomic E-state index is 0.393. The second kappa shape index (κ2) is 7.11. The Balaban J connectivity index is 1.75. The number of nitrogens with zero attached hydrogens (tertiary/aromatic N) is 2. The topological polar surface area (TPSA) is 59.5 Å². The van der Waals surface area contributed by atoms with Crippen LogP contribution in [-0.2, 0) is 0 Å². The molecule has 4 rings (SSSR count). The van der Waals surface area contributed by atoms with Crippen LogP contribution in [-0.4, -0.2) is 18.1 Å². The predicted molar refractivity (Wildman–Crippen MR) is 107 cm³/mol. The molecule has 0 saturated carbocycles. The maximum Gasteiger partial charge on any atom is 0.345 e. The molecule has 0 aliphatic rings. The van der Waals surface area contributed by atoms with Crippen LogP contribution in [0.5, 0.6) is 0 Å². The van der Waals surface area contributed by atoms with Gasteiger partial charge in [0.15, 0.2) is 0 Å². The zero-order chi connectivity index (χ0) is 18.8. The Kier molecular flexibility index (Phi) is 4.50. The summed E-state index contributed by atoms with van der Waals surface area (Å²) in [5.41, 5.74) is 2.90. The fourth-order valence-electron chi connectivity index (χ4n) is 3.17. The molecule has 0 bridgehead atoms. The molecule has 0 unspecified atom stereocenters. The van der Waals surface area contributed by atoms with Crippen molar-refractivity contribution in [2.45, 2.75) is 13.8 Å². The lowest BCUT2D eigenvalue weighted by Crippen LogP contribution is -2.21. The molecule has 0 radical (unpaired) electrons. The van der Waals surface area contributed by atoms with Gasteiger partial charge in [-0.05, 0) is 44.2 Å². The van der Waals surface area contributed by atoms with Crippen molar-refractivity contribution in [1.82, 2.24) is 4.98 Å². The summed E-state index contributed by atoms with van der Waals surface area (Å²) in [5.74, 6) is 0.474. The third-order valence-electron chi connectivity index (χ3n) is 4.65. The summed E-state index contributed by atoms with van der Waals surface area (Å²) in [6.45, 7) is 5.99. The zero-order valence-corrected chi connectivity index (χ0v) is 15.3. The summed E-state index contributed by atoms with van der Waals surface area (Å²) < 4.78 is 11.1. The third-order valence-corrected chi connectivity index (χ3v) is 4.65. The van der Waals surface area contributed by atoms with Crippen LogP contribution in [0.4, 0.5) is 5.69 Å². The number of aromatic nitrogens is 1. The van der Waals surface area contributed by atoms with Gasteiger partial charge in [-0.25, -0.2) is 9.78 Å². The Hall–Kier alpha value is -3.34. The number of hydrogen-bond acceptors (Lipinski definition) is 5. The van der Waals surface area contributed by atoms with E-state index < -0.39 is 5.63 Å². The van der Waals surface area contributed by atoms with Crippen LogP contribution < -0.4 is 10.5 Å². The van der Waals surface area contributed by atoms with Crippen molar-refractivity contribution >= 4 is 16.7 Å². The monoisotopic (exact) mass is 360 g/mol. The predicted octanol–water partition coefficient (Wildman–Crippen LogP) is 4.96. The van der Waals surface area contributed by atoms with Crippen LogP contribution in [0.2, 0.25) is 0 Å². The van der Waals surface area contributed by atoms with E-state index in [1.54, 1.807) is 6.07 Å². The van der Waals surface area contributed by atoms with Gasteiger partial charge in [0.2, 0.25) is 5.89 Å². The van der Waals surface area contributed by atoms with Crippen molar-refractivity contribution in [3.63, 3.8) is 0 Å². The van der Waals surface area contributed by atoms with Crippen LogP contribution in [0.25, 0.3) is 33.7 Å². The van der Waals surface area contributed by atoms with Crippen LogP contribution >= 0.6 is 0 Å². The van der Waals surface area contributed by atoms with Crippen molar-refractivity contribution in [3.05, 3.63) is 71.3 Å². The largest absolute Gasteiger partial charge is 0.444 e. The summed E-state index contributed by atoms with van der Waals surface area (Å²) in [4.78, 5) is 19.2. The van der Waals surface area contributed by atoms with Gasteiger partial charge >= 0.3 is 5.63 Å². The van der Waals surface area contributed by atoms with E-state index in [9.17, 15) is 4.79 Å². The van der Waals surface area contributed by atoms with E-state index in [0.717, 1.165) is 29.7 Å². The van der Waals surface area contributed by atoms with Crippen molar-refractivity contribution < 1.29 is 8.83 Å². The van der Waals surface area contributed by atoms with Gasteiger partial charge in [0.1, 0.15) is 17.5 Å². The van der Waals surface area contributed by atoms with Gasteiger partial charge in [-0.15, -0.1) is 0 Å². The fourth-order valence-corrected chi connectivity index (χ4v) is 3.17. The van der Waals surface area contributed by atoms with E-state index in [1.807, 2.05) is 48.5 Å². The van der Waals surface area contributed by atoms with E-state index in [-0.39, 0.29) is 0 Å². The maximum atomic E-state index is 12.5. The number of fused-ring (bicyclic) bond motifs is 1. The first-order valence-corrected chi connectivity index (χ1v) is 9.03. The smallest absolute Gasteiger partial charge is 0.345 e. The molecule has 5 nitrogen and oxygen atoms in total. The Morgan fingerprint density at radius 2 is 1.78 bits per heavy atom. The molecule has 0 atom stereocenters. The van der Waals surface area contributed by atoms with Crippen LogP contribution in [0, 0.1) is 0 Å². The molecule has 5 heteroatoms. The molecule has 4 aromatic rings. The highest BCUT2D eigenvalue weighted by Crippen LogP contribution is 2.27. The summed E-state index contributed by atoms with van der Waals surface area (Å²) in [5, 5.41) is 0.852. The quantitative estimate of drug-likeness (QED) is 0.471. The number of hydrogen-bond donors (Lipinski definition) is 0. The summed E-state index contributed by atoms with van der Waals surface area (Å²) in [6.07, 6.45) is 1.49. The van der Waals surface area contributed by atoms with E-state index in [1.165, 1.54) is 6.26 Å². The van der Waals surface area contributed by atoms with E-state index in [4.69, 9.17) is 8.83 Å². The van der Waals surface area contributed by atoms with Gasteiger partial charge in [0, 0.05) is 35.8 Å². The second-order valence-electron chi connectivity index (χ2n) is 6.25. The second-order valence-corrected chi connectivity index (χ2v) is 6.25. The Labute approximate surface area is 156 Å². The van der Waals surface area contributed by atoms with Crippen molar-refractivity contribution in [2.75, 3.05) is 18.0 Å².